The summed E-state index contributed by atoms with van der Waals surface area (Å²) in [5, 5.41) is 14.5. The molecule has 0 aliphatic carbocycles. The Morgan fingerprint density at radius 3 is 2.75 bits per heavy atom. The normalized spacial score (nSPS) is 17.2. The van der Waals surface area contributed by atoms with Crippen LogP contribution < -0.4 is 30.6 Å². The minimum Gasteiger partial charge on any atom is -0.481 e. The molecule has 6 heteroatoms. The first-order chi connectivity index (χ1) is 15.6. The van der Waals surface area contributed by atoms with Crippen molar-refractivity contribution in [3.05, 3.63) is 46.1 Å². The van der Waals surface area contributed by atoms with Crippen molar-refractivity contribution in [1.82, 2.24) is 4.58 Å². The van der Waals surface area contributed by atoms with E-state index in [9.17, 15) is 9.90 Å². The third-order valence-corrected chi connectivity index (χ3v) is 10.3. The highest BCUT2D eigenvalue weighted by Crippen LogP contribution is 2.30. The van der Waals surface area contributed by atoms with Crippen LogP contribution in [0.1, 0.15) is 50.7 Å². The fourth-order valence-electron chi connectivity index (χ4n) is 5.68. The largest absolute Gasteiger partial charge is 0.481 e. The summed E-state index contributed by atoms with van der Waals surface area (Å²) in [6, 6.07) is 10.5. The molecule has 0 saturated heterocycles. The molecule has 2 aromatic carbocycles. The number of benzene rings is 2. The second kappa shape index (κ2) is 8.81. The van der Waals surface area contributed by atoms with E-state index in [4.69, 9.17) is 4.99 Å². The summed E-state index contributed by atoms with van der Waals surface area (Å²) in [7, 11) is -1.09. The zero-order chi connectivity index (χ0) is 22.2. The van der Waals surface area contributed by atoms with Crippen LogP contribution in [0.5, 0.6) is 0 Å². The quantitative estimate of drug-likeness (QED) is 0.541. The van der Waals surface area contributed by atoms with Crippen LogP contribution in [0.25, 0.3) is 0 Å². The molecule has 0 bridgehead atoms. The van der Waals surface area contributed by atoms with Crippen LogP contribution >= 0.6 is 0 Å². The van der Waals surface area contributed by atoms with Gasteiger partial charge in [-0.3, -0.25) is 4.79 Å². The number of hydrogen-bond acceptors (Lipinski definition) is 3. The smallest absolute Gasteiger partial charge is 0.303 e. The SMILES string of the molecule is CCN1CCCc2cc3c(cc21)[Si](CCCC(=O)O)c1cc2c(cc1=N3)CCC[N+]=2CC. The number of fused-ring (bicyclic) bond motifs is 4. The van der Waals surface area contributed by atoms with Gasteiger partial charge in [-0.25, -0.2) is 9.57 Å². The molecule has 1 N–H and O–H groups in total. The number of carboxylic acids is 1. The van der Waals surface area contributed by atoms with Gasteiger partial charge in [0.05, 0.1) is 11.0 Å². The monoisotopic (exact) mass is 447 g/mol. The first-order valence-electron chi connectivity index (χ1n) is 12.2. The number of aliphatic carboxylic acids is 1. The lowest BCUT2D eigenvalue weighted by Crippen LogP contribution is -2.55. The molecule has 3 aliphatic rings. The summed E-state index contributed by atoms with van der Waals surface area (Å²) in [6.07, 6.45) is 5.62. The lowest BCUT2D eigenvalue weighted by molar-refractivity contribution is -0.137. The van der Waals surface area contributed by atoms with E-state index in [-0.39, 0.29) is 6.42 Å². The summed E-state index contributed by atoms with van der Waals surface area (Å²) in [4.78, 5) is 18.9. The zero-order valence-electron chi connectivity index (χ0n) is 19.3. The standard InChI is InChI=1S/C26H32N3O2Si/c1-3-28-11-5-8-18-14-20-24(16-22(18)28)32(13-7-10-26(30)31)25-17-23-19(15-21(25)27-20)9-6-12-29(23)4-2/h14-17H,3-13H2,1-2H3/p+1. The van der Waals surface area contributed by atoms with Crippen molar-refractivity contribution in [2.75, 3.05) is 31.1 Å². The average Bonchev–Trinajstić information content (AvgIpc) is 2.80. The fourth-order valence-corrected chi connectivity index (χ4v) is 8.53. The maximum Gasteiger partial charge on any atom is 0.303 e. The van der Waals surface area contributed by atoms with Gasteiger partial charge in [0.1, 0.15) is 21.9 Å². The second-order valence-corrected chi connectivity index (χ2v) is 11.7. The Kier molecular flexibility index (Phi) is 5.89. The fraction of sp³-hybridized carbons (Fsp3) is 0.500. The van der Waals surface area contributed by atoms with Gasteiger partial charge in [-0.15, -0.1) is 0 Å². The molecule has 3 aliphatic heterocycles. The van der Waals surface area contributed by atoms with Crippen molar-refractivity contribution in [3.63, 3.8) is 0 Å². The summed E-state index contributed by atoms with van der Waals surface area (Å²) in [5.74, 6) is -0.696. The molecular weight excluding hydrogens is 414 g/mol. The zero-order valence-corrected chi connectivity index (χ0v) is 20.3. The van der Waals surface area contributed by atoms with E-state index in [0.717, 1.165) is 62.5 Å². The molecule has 0 atom stereocenters. The molecule has 3 heterocycles. The van der Waals surface area contributed by atoms with Crippen molar-refractivity contribution in [2.24, 2.45) is 4.99 Å². The molecule has 0 aromatic heterocycles. The summed E-state index contributed by atoms with van der Waals surface area (Å²) < 4.78 is 2.50. The summed E-state index contributed by atoms with van der Waals surface area (Å²) >= 11 is 0. The number of rotatable bonds is 6. The van der Waals surface area contributed by atoms with E-state index in [2.05, 4.69) is 47.6 Å². The number of nitrogens with zero attached hydrogens (tertiary/aromatic N) is 3. The highest BCUT2D eigenvalue weighted by Gasteiger charge is 2.30. The van der Waals surface area contributed by atoms with Crippen LogP contribution in [0.3, 0.4) is 0 Å². The minimum atomic E-state index is -1.09. The van der Waals surface area contributed by atoms with E-state index in [1.165, 1.54) is 45.4 Å². The Morgan fingerprint density at radius 2 is 1.97 bits per heavy atom. The maximum atomic E-state index is 11.3. The predicted molar refractivity (Wildman–Crippen MR) is 131 cm³/mol. The van der Waals surface area contributed by atoms with Gasteiger partial charge < -0.3 is 10.0 Å². The Hall–Kier alpha value is -2.47. The van der Waals surface area contributed by atoms with Gasteiger partial charge in [0.15, 0.2) is 0 Å². The maximum absolute atomic E-state index is 11.3. The molecule has 167 valence electrons. The molecule has 0 amide bonds. The molecule has 0 fully saturated rings. The Morgan fingerprint density at radius 1 is 1.12 bits per heavy atom. The van der Waals surface area contributed by atoms with Crippen LogP contribution in [-0.2, 0) is 17.6 Å². The van der Waals surface area contributed by atoms with Gasteiger partial charge in [-0.05, 0) is 73.7 Å². The van der Waals surface area contributed by atoms with Gasteiger partial charge in [-0.1, -0.05) is 6.04 Å². The van der Waals surface area contributed by atoms with Crippen molar-refractivity contribution in [3.8, 4) is 0 Å². The van der Waals surface area contributed by atoms with E-state index >= 15 is 0 Å². The third-order valence-electron chi connectivity index (χ3n) is 7.30. The first kappa shape index (κ1) is 21.4. The summed E-state index contributed by atoms with van der Waals surface area (Å²) in [6.45, 7) is 8.77. The Balaban J connectivity index is 1.69. The van der Waals surface area contributed by atoms with E-state index in [0.29, 0.717) is 0 Å². The minimum absolute atomic E-state index is 0.244. The number of aryl methyl sites for hydroxylation is 2. The molecule has 5 rings (SSSR count). The van der Waals surface area contributed by atoms with Crippen molar-refractivity contribution in [2.45, 2.75) is 58.4 Å². The van der Waals surface area contributed by atoms with Crippen LogP contribution in [0.4, 0.5) is 11.4 Å². The number of hydrogen-bond donors (Lipinski definition) is 1. The summed E-state index contributed by atoms with van der Waals surface area (Å²) in [5.41, 5.74) is 5.36. The Bertz CT molecular complexity index is 1190. The lowest BCUT2D eigenvalue weighted by atomic mass is 10.0. The van der Waals surface area contributed by atoms with Gasteiger partial charge in [0, 0.05) is 43.2 Å². The van der Waals surface area contributed by atoms with Crippen molar-refractivity contribution < 1.29 is 9.90 Å². The lowest BCUT2D eigenvalue weighted by Gasteiger charge is -2.33. The van der Waals surface area contributed by atoms with Crippen LogP contribution in [0.15, 0.2) is 29.3 Å². The highest BCUT2D eigenvalue weighted by atomic mass is 28.3. The van der Waals surface area contributed by atoms with Crippen molar-refractivity contribution in [1.29, 1.82) is 0 Å². The average molecular weight is 448 g/mol. The molecule has 32 heavy (non-hydrogen) atoms. The number of carboxylic acid groups (broad SMARTS) is 1. The van der Waals surface area contributed by atoms with Crippen LogP contribution in [-0.4, -0.2) is 46.1 Å². The molecule has 0 saturated carbocycles. The van der Waals surface area contributed by atoms with Crippen molar-refractivity contribution >= 4 is 36.5 Å². The van der Waals surface area contributed by atoms with E-state index < -0.39 is 14.8 Å². The van der Waals surface area contributed by atoms with Gasteiger partial charge in [0.25, 0.3) is 0 Å². The molecule has 5 nitrogen and oxygen atoms in total. The van der Waals surface area contributed by atoms with Crippen LogP contribution in [0, 0.1) is 0 Å². The molecular formula is C26H33N3O2Si+. The van der Waals surface area contributed by atoms with E-state index in [1.807, 2.05) is 0 Å². The molecule has 0 spiro atoms. The van der Waals surface area contributed by atoms with E-state index in [1.54, 1.807) is 0 Å². The van der Waals surface area contributed by atoms with Gasteiger partial charge in [0.2, 0.25) is 5.36 Å². The Labute approximate surface area is 191 Å². The third kappa shape index (κ3) is 3.79. The van der Waals surface area contributed by atoms with Gasteiger partial charge in [-0.2, -0.15) is 0 Å². The molecule has 2 aromatic rings. The highest BCUT2D eigenvalue weighted by molar-refractivity contribution is 6.86. The van der Waals surface area contributed by atoms with Crippen LogP contribution in [0.2, 0.25) is 6.04 Å². The molecule has 0 unspecified atom stereocenters. The first-order valence-corrected chi connectivity index (χ1v) is 13.9. The van der Waals surface area contributed by atoms with Gasteiger partial charge >= 0.3 is 5.97 Å². The molecule has 1 radical (unpaired) electrons. The second-order valence-electron chi connectivity index (χ2n) is 9.20. The predicted octanol–water partition coefficient (Wildman–Crippen LogP) is 1.65. The number of anilines is 1. The topological polar surface area (TPSA) is 55.9 Å². The number of carbonyl (C=O) groups is 1.